The van der Waals surface area contributed by atoms with Crippen molar-refractivity contribution in [2.24, 2.45) is 0 Å². The van der Waals surface area contributed by atoms with Gasteiger partial charge in [0.2, 0.25) is 0 Å². The molecule has 5 rings (SSSR count). The molecule has 2 aromatic carbocycles. The van der Waals surface area contributed by atoms with Gasteiger partial charge < -0.3 is 15.1 Å². The molecule has 1 saturated heterocycles. The van der Waals surface area contributed by atoms with Gasteiger partial charge in [-0.15, -0.1) is 0 Å². The molecule has 1 N–H and O–H groups in total. The Morgan fingerprint density at radius 3 is 2.34 bits per heavy atom. The topological polar surface area (TPSA) is 51.7 Å². The number of carbonyl (C=O) groups excluding carboxylic acids is 1. The minimum atomic E-state index is -0.0644. The molecule has 2 aliphatic rings. The molecule has 1 amide bonds. The Labute approximate surface area is 189 Å². The second kappa shape index (κ2) is 9.40. The summed E-state index contributed by atoms with van der Waals surface area (Å²) < 4.78 is 0. The van der Waals surface area contributed by atoms with E-state index in [0.717, 1.165) is 56.9 Å². The number of anilines is 2. The van der Waals surface area contributed by atoms with Crippen LogP contribution < -0.4 is 15.1 Å². The van der Waals surface area contributed by atoms with Gasteiger partial charge in [-0.3, -0.25) is 14.7 Å². The van der Waals surface area contributed by atoms with Crippen LogP contribution in [0.1, 0.15) is 15.9 Å². The van der Waals surface area contributed by atoms with Crippen molar-refractivity contribution in [3.63, 3.8) is 0 Å². The first-order chi connectivity index (χ1) is 15.8. The van der Waals surface area contributed by atoms with Crippen molar-refractivity contribution >= 4 is 17.3 Å². The van der Waals surface area contributed by atoms with Crippen molar-refractivity contribution in [3.05, 3.63) is 90.3 Å². The molecule has 2 aliphatic heterocycles. The van der Waals surface area contributed by atoms with Crippen molar-refractivity contribution in [1.82, 2.24) is 15.2 Å². The Morgan fingerprint density at radius 2 is 1.56 bits per heavy atom. The minimum absolute atomic E-state index is 0.00683. The fourth-order valence-electron chi connectivity index (χ4n) is 4.69. The summed E-state index contributed by atoms with van der Waals surface area (Å²) in [6.07, 6.45) is 4.31. The van der Waals surface area contributed by atoms with Gasteiger partial charge in [0.05, 0.1) is 11.3 Å². The highest BCUT2D eigenvalue weighted by atomic mass is 16.2. The summed E-state index contributed by atoms with van der Waals surface area (Å²) in [5, 5.41) is 3.23. The molecular formula is C26H29N5O. The van der Waals surface area contributed by atoms with E-state index in [1.807, 2.05) is 42.7 Å². The summed E-state index contributed by atoms with van der Waals surface area (Å²) in [5.74, 6) is 0.00683. The Kier molecular flexibility index (Phi) is 6.03. The number of rotatable bonds is 6. The van der Waals surface area contributed by atoms with E-state index in [0.29, 0.717) is 0 Å². The van der Waals surface area contributed by atoms with E-state index in [4.69, 9.17) is 0 Å². The quantitative estimate of drug-likeness (QED) is 0.655. The largest absolute Gasteiger partial charge is 0.369 e. The number of nitrogens with one attached hydrogen (secondary N) is 1. The average Bonchev–Trinajstić information content (AvgIpc) is 2.85. The normalized spacial score (nSPS) is 18.9. The van der Waals surface area contributed by atoms with Crippen LogP contribution in [-0.4, -0.2) is 61.2 Å². The molecule has 1 unspecified atom stereocenters. The van der Waals surface area contributed by atoms with Gasteiger partial charge in [-0.1, -0.05) is 30.3 Å². The third-order valence-electron chi connectivity index (χ3n) is 6.46. The summed E-state index contributed by atoms with van der Waals surface area (Å²) in [7, 11) is 0. The van der Waals surface area contributed by atoms with Crippen LogP contribution in [-0.2, 0) is 6.42 Å². The SMILES string of the molecule is O=C1NC(Cc2ccncc2)N(CCN2CCN(c3ccccc3)CC2)c2ccccc21. The van der Waals surface area contributed by atoms with Gasteiger partial charge in [-0.25, -0.2) is 0 Å². The number of hydrogen-bond donors (Lipinski definition) is 1. The van der Waals surface area contributed by atoms with Gasteiger partial charge in [0, 0.05) is 63.8 Å². The molecular weight excluding hydrogens is 398 g/mol. The van der Waals surface area contributed by atoms with Crippen molar-refractivity contribution in [2.75, 3.05) is 49.1 Å². The Balaban J connectivity index is 1.27. The zero-order valence-electron chi connectivity index (χ0n) is 18.2. The number of nitrogens with zero attached hydrogens (tertiary/aromatic N) is 4. The van der Waals surface area contributed by atoms with E-state index >= 15 is 0 Å². The predicted octanol–water partition coefficient (Wildman–Crippen LogP) is 3.02. The number of fused-ring (bicyclic) bond motifs is 1. The van der Waals surface area contributed by atoms with Crippen LogP contribution in [0.4, 0.5) is 11.4 Å². The summed E-state index contributed by atoms with van der Waals surface area (Å²) in [6, 6.07) is 22.6. The predicted molar refractivity (Wildman–Crippen MR) is 128 cm³/mol. The third-order valence-corrected chi connectivity index (χ3v) is 6.46. The summed E-state index contributed by atoms with van der Waals surface area (Å²) in [6.45, 7) is 6.02. The maximum Gasteiger partial charge on any atom is 0.254 e. The van der Waals surface area contributed by atoms with Gasteiger partial charge in [-0.05, 0) is 42.0 Å². The molecule has 6 heteroatoms. The maximum absolute atomic E-state index is 12.7. The standard InChI is InChI=1S/C26H29N5O/c32-26-23-8-4-5-9-24(23)31(25(28-26)20-21-10-12-27-13-11-21)19-16-29-14-17-30(18-15-29)22-6-2-1-3-7-22/h1-13,25H,14-20H2,(H,28,32). The number of benzene rings is 2. The molecule has 3 heterocycles. The zero-order valence-corrected chi connectivity index (χ0v) is 18.2. The van der Waals surface area contributed by atoms with Crippen LogP contribution in [0.5, 0.6) is 0 Å². The zero-order chi connectivity index (χ0) is 21.8. The van der Waals surface area contributed by atoms with Crippen LogP contribution in [0.15, 0.2) is 79.1 Å². The van der Waals surface area contributed by atoms with Crippen LogP contribution in [0.2, 0.25) is 0 Å². The lowest BCUT2D eigenvalue weighted by Crippen LogP contribution is -2.56. The minimum Gasteiger partial charge on any atom is -0.369 e. The molecule has 1 atom stereocenters. The Hall–Kier alpha value is -3.38. The van der Waals surface area contributed by atoms with Crippen LogP contribution in [0.3, 0.4) is 0 Å². The fraction of sp³-hybridized carbons (Fsp3) is 0.308. The van der Waals surface area contributed by atoms with Gasteiger partial charge >= 0.3 is 0 Å². The summed E-state index contributed by atoms with van der Waals surface area (Å²) >= 11 is 0. The second-order valence-corrected chi connectivity index (χ2v) is 8.42. The van der Waals surface area contributed by atoms with Crippen molar-refractivity contribution in [1.29, 1.82) is 0 Å². The van der Waals surface area contributed by atoms with Crippen LogP contribution in [0.25, 0.3) is 0 Å². The molecule has 0 spiro atoms. The molecule has 3 aromatic rings. The van der Waals surface area contributed by atoms with E-state index in [1.165, 1.54) is 11.3 Å². The fourth-order valence-corrected chi connectivity index (χ4v) is 4.69. The van der Waals surface area contributed by atoms with Gasteiger partial charge in [-0.2, -0.15) is 0 Å². The average molecular weight is 428 g/mol. The first-order valence-corrected chi connectivity index (χ1v) is 11.4. The summed E-state index contributed by atoms with van der Waals surface area (Å²) in [5.41, 5.74) is 4.26. The molecule has 32 heavy (non-hydrogen) atoms. The van der Waals surface area contributed by atoms with E-state index in [1.54, 1.807) is 0 Å². The summed E-state index contributed by atoms with van der Waals surface area (Å²) in [4.78, 5) is 24.2. The lowest BCUT2D eigenvalue weighted by Gasteiger charge is -2.41. The number of aromatic nitrogens is 1. The molecule has 1 aromatic heterocycles. The highest BCUT2D eigenvalue weighted by molar-refractivity contribution is 6.02. The van der Waals surface area contributed by atoms with Gasteiger partial charge in [0.25, 0.3) is 5.91 Å². The van der Waals surface area contributed by atoms with Crippen molar-refractivity contribution in [2.45, 2.75) is 12.6 Å². The first kappa shape index (κ1) is 20.5. The smallest absolute Gasteiger partial charge is 0.254 e. The highest BCUT2D eigenvalue weighted by Crippen LogP contribution is 2.27. The molecule has 6 nitrogen and oxygen atoms in total. The van der Waals surface area contributed by atoms with E-state index in [-0.39, 0.29) is 12.1 Å². The molecule has 164 valence electrons. The van der Waals surface area contributed by atoms with Crippen molar-refractivity contribution in [3.8, 4) is 0 Å². The number of amides is 1. The second-order valence-electron chi connectivity index (χ2n) is 8.42. The molecule has 1 fully saturated rings. The van der Waals surface area contributed by atoms with Crippen LogP contribution in [0, 0.1) is 0 Å². The molecule has 0 saturated carbocycles. The van der Waals surface area contributed by atoms with Gasteiger partial charge in [0.15, 0.2) is 0 Å². The first-order valence-electron chi connectivity index (χ1n) is 11.4. The monoisotopic (exact) mass is 427 g/mol. The van der Waals surface area contributed by atoms with E-state index in [2.05, 4.69) is 61.4 Å². The number of piperazine rings is 1. The number of carbonyl (C=O) groups is 1. The lowest BCUT2D eigenvalue weighted by atomic mass is 10.0. The van der Waals surface area contributed by atoms with Crippen molar-refractivity contribution < 1.29 is 4.79 Å². The molecule has 0 bridgehead atoms. The maximum atomic E-state index is 12.7. The number of pyridine rings is 1. The number of para-hydroxylation sites is 2. The lowest BCUT2D eigenvalue weighted by molar-refractivity contribution is 0.0925. The third kappa shape index (κ3) is 4.46. The van der Waals surface area contributed by atoms with Gasteiger partial charge in [0.1, 0.15) is 6.17 Å². The van der Waals surface area contributed by atoms with E-state index in [9.17, 15) is 4.79 Å². The molecule has 0 aliphatic carbocycles. The molecule has 0 radical (unpaired) electrons. The number of hydrogen-bond acceptors (Lipinski definition) is 5. The van der Waals surface area contributed by atoms with Crippen LogP contribution >= 0.6 is 0 Å². The highest BCUT2D eigenvalue weighted by Gasteiger charge is 2.31. The Morgan fingerprint density at radius 1 is 0.844 bits per heavy atom. The van der Waals surface area contributed by atoms with E-state index < -0.39 is 0 Å². The Bertz CT molecular complexity index is 1030.